The molecule has 1 aliphatic rings. The summed E-state index contributed by atoms with van der Waals surface area (Å²) in [7, 11) is 0. The van der Waals surface area contributed by atoms with Gasteiger partial charge in [-0.25, -0.2) is 4.98 Å². The third-order valence-electron chi connectivity index (χ3n) is 5.87. The van der Waals surface area contributed by atoms with Crippen molar-refractivity contribution in [2.24, 2.45) is 0 Å². The van der Waals surface area contributed by atoms with Crippen LogP contribution in [0.1, 0.15) is 35.4 Å². The van der Waals surface area contributed by atoms with Gasteiger partial charge in [-0.05, 0) is 59.5 Å². The van der Waals surface area contributed by atoms with E-state index < -0.39 is 0 Å². The second-order valence-corrected chi connectivity index (χ2v) is 9.74. The van der Waals surface area contributed by atoms with Crippen molar-refractivity contribution in [2.75, 3.05) is 0 Å². The predicted octanol–water partition coefficient (Wildman–Crippen LogP) is 5.74. The van der Waals surface area contributed by atoms with Crippen molar-refractivity contribution in [3.8, 4) is 11.8 Å². The van der Waals surface area contributed by atoms with E-state index in [2.05, 4.69) is 11.4 Å². The molecule has 1 fully saturated rings. The predicted molar refractivity (Wildman–Crippen MR) is 129 cm³/mol. The summed E-state index contributed by atoms with van der Waals surface area (Å²) in [4.78, 5) is 19.4. The van der Waals surface area contributed by atoms with Crippen LogP contribution < -0.4 is 5.56 Å². The molecule has 0 bridgehead atoms. The lowest BCUT2D eigenvalue weighted by atomic mass is 10.1. The molecule has 5 nitrogen and oxygen atoms in total. The third kappa shape index (κ3) is 3.15. The van der Waals surface area contributed by atoms with E-state index in [4.69, 9.17) is 4.98 Å². The number of fused-ring (bicyclic) bond motifs is 2. The Morgan fingerprint density at radius 2 is 1.97 bits per heavy atom. The molecule has 5 aromatic rings. The minimum absolute atomic E-state index is 0.00519. The van der Waals surface area contributed by atoms with Crippen molar-refractivity contribution >= 4 is 38.8 Å². The van der Waals surface area contributed by atoms with E-state index in [1.165, 1.54) is 11.8 Å². The number of benzene rings is 1. The Hall–Kier alpha value is -3.34. The number of nitrogens with zero attached hydrogens (tertiary/aromatic N) is 4. The minimum atomic E-state index is -0.00519. The molecule has 0 spiro atoms. The molecule has 0 atom stereocenters. The highest BCUT2D eigenvalue weighted by Gasteiger charge is 2.29. The zero-order valence-electron chi connectivity index (χ0n) is 17.1. The maximum absolute atomic E-state index is 13.7. The second kappa shape index (κ2) is 7.66. The number of pyridine rings is 1. The van der Waals surface area contributed by atoms with Crippen molar-refractivity contribution in [1.29, 1.82) is 5.26 Å². The summed E-state index contributed by atoms with van der Waals surface area (Å²) in [6, 6.07) is 17.9. The highest BCUT2D eigenvalue weighted by molar-refractivity contribution is 7.98. The summed E-state index contributed by atoms with van der Waals surface area (Å²) < 4.78 is 3.70. The Balaban J connectivity index is 1.48. The first-order valence-electron chi connectivity index (χ1n) is 10.5. The molecule has 0 amide bonds. The van der Waals surface area contributed by atoms with Gasteiger partial charge in [0.05, 0.1) is 22.2 Å². The van der Waals surface area contributed by atoms with E-state index in [-0.39, 0.29) is 5.56 Å². The molecule has 4 aromatic heterocycles. The number of nitriles is 1. The van der Waals surface area contributed by atoms with Crippen LogP contribution in [0.2, 0.25) is 0 Å². The number of hydrogen-bond acceptors (Lipinski definition) is 5. The summed E-state index contributed by atoms with van der Waals surface area (Å²) in [6.45, 7) is 0. The number of para-hydroxylation sites is 1. The van der Waals surface area contributed by atoms with Gasteiger partial charge in [0.1, 0.15) is 10.9 Å². The summed E-state index contributed by atoms with van der Waals surface area (Å²) in [5.74, 6) is 1.05. The zero-order valence-corrected chi connectivity index (χ0v) is 18.7. The average molecular weight is 455 g/mol. The largest absolute Gasteiger partial charge is 0.322 e. The molecule has 0 aliphatic heterocycles. The van der Waals surface area contributed by atoms with Crippen molar-refractivity contribution in [3.05, 3.63) is 93.3 Å². The lowest BCUT2D eigenvalue weighted by molar-refractivity contribution is 0.821. The Morgan fingerprint density at radius 1 is 1.16 bits per heavy atom. The Labute approximate surface area is 192 Å². The standard InChI is InChI=1S/C25H18N4OS2/c26-12-19-17(13-28-11-5-4-8-21(19)28)14-32-25-27-23-22(20(15-31-23)16-9-10-16)24(30)29(25)18-6-2-1-3-7-18/h1-8,11,13,15-16H,9-10,14H2. The fraction of sp³-hybridized carbons (Fsp3) is 0.160. The lowest BCUT2D eigenvalue weighted by Gasteiger charge is -2.12. The molecule has 7 heteroatoms. The fourth-order valence-corrected chi connectivity index (χ4v) is 6.19. The van der Waals surface area contributed by atoms with Crippen LogP contribution in [0.4, 0.5) is 0 Å². The van der Waals surface area contributed by atoms with Gasteiger partial charge in [-0.15, -0.1) is 11.3 Å². The summed E-state index contributed by atoms with van der Waals surface area (Å²) in [5.41, 5.74) is 4.44. The smallest absolute Gasteiger partial charge is 0.267 e. The molecule has 4 heterocycles. The normalized spacial score (nSPS) is 13.6. The van der Waals surface area contributed by atoms with Crippen LogP contribution in [0.25, 0.3) is 21.4 Å². The number of rotatable bonds is 5. The van der Waals surface area contributed by atoms with E-state index >= 15 is 0 Å². The van der Waals surface area contributed by atoms with Gasteiger partial charge in [0, 0.05) is 18.1 Å². The maximum Gasteiger partial charge on any atom is 0.267 e. The molecule has 0 N–H and O–H groups in total. The SMILES string of the molecule is N#Cc1c(CSc2nc3scc(C4CC4)c3c(=O)n2-c2ccccc2)cn2ccccc12. The lowest BCUT2D eigenvalue weighted by Crippen LogP contribution is -2.21. The van der Waals surface area contributed by atoms with Gasteiger partial charge in [-0.1, -0.05) is 36.0 Å². The van der Waals surface area contributed by atoms with E-state index in [1.54, 1.807) is 15.9 Å². The molecule has 32 heavy (non-hydrogen) atoms. The van der Waals surface area contributed by atoms with Crippen molar-refractivity contribution < 1.29 is 0 Å². The van der Waals surface area contributed by atoms with Crippen molar-refractivity contribution in [1.82, 2.24) is 14.0 Å². The van der Waals surface area contributed by atoms with Gasteiger partial charge in [0.2, 0.25) is 0 Å². The fourth-order valence-electron chi connectivity index (χ4n) is 4.15. The monoisotopic (exact) mass is 454 g/mol. The maximum atomic E-state index is 13.7. The molecule has 0 saturated heterocycles. The zero-order chi connectivity index (χ0) is 21.7. The summed E-state index contributed by atoms with van der Waals surface area (Å²) >= 11 is 3.05. The van der Waals surface area contributed by atoms with Gasteiger partial charge in [0.15, 0.2) is 5.16 Å². The molecule has 156 valence electrons. The van der Waals surface area contributed by atoms with Crippen LogP contribution in [0.3, 0.4) is 0 Å². The van der Waals surface area contributed by atoms with Crippen LogP contribution in [-0.2, 0) is 5.75 Å². The van der Waals surface area contributed by atoms with Crippen molar-refractivity contribution in [3.63, 3.8) is 0 Å². The molecule has 1 saturated carbocycles. The molecular formula is C25H18N4OS2. The second-order valence-electron chi connectivity index (χ2n) is 7.94. The molecule has 1 aromatic carbocycles. The number of thiophene rings is 1. The van der Waals surface area contributed by atoms with E-state index in [0.717, 1.165) is 45.4 Å². The van der Waals surface area contributed by atoms with Gasteiger partial charge >= 0.3 is 0 Å². The van der Waals surface area contributed by atoms with Gasteiger partial charge in [-0.2, -0.15) is 5.26 Å². The molecule has 1 aliphatic carbocycles. The third-order valence-corrected chi connectivity index (χ3v) is 7.75. The van der Waals surface area contributed by atoms with E-state index in [1.807, 2.05) is 65.3 Å². The van der Waals surface area contributed by atoms with Crippen LogP contribution in [0.15, 0.2) is 76.3 Å². The highest BCUT2D eigenvalue weighted by Crippen LogP contribution is 2.44. The minimum Gasteiger partial charge on any atom is -0.322 e. The Kier molecular flexibility index (Phi) is 4.63. The summed E-state index contributed by atoms with van der Waals surface area (Å²) in [6.07, 6.45) is 6.22. The molecular weight excluding hydrogens is 436 g/mol. The van der Waals surface area contributed by atoms with Gasteiger partial charge < -0.3 is 4.40 Å². The molecule has 0 radical (unpaired) electrons. The van der Waals surface area contributed by atoms with Crippen LogP contribution >= 0.6 is 23.1 Å². The Bertz CT molecular complexity index is 1570. The first-order valence-corrected chi connectivity index (χ1v) is 12.3. The van der Waals surface area contributed by atoms with E-state index in [9.17, 15) is 10.1 Å². The number of thioether (sulfide) groups is 1. The first kappa shape index (κ1) is 19.4. The van der Waals surface area contributed by atoms with Crippen LogP contribution in [-0.4, -0.2) is 14.0 Å². The van der Waals surface area contributed by atoms with Crippen LogP contribution in [0.5, 0.6) is 0 Å². The number of hydrogen-bond donors (Lipinski definition) is 0. The van der Waals surface area contributed by atoms with E-state index in [0.29, 0.717) is 22.4 Å². The topological polar surface area (TPSA) is 63.1 Å². The molecule has 6 rings (SSSR count). The van der Waals surface area contributed by atoms with Crippen LogP contribution in [0, 0.1) is 11.3 Å². The quantitative estimate of drug-likeness (QED) is 0.251. The summed E-state index contributed by atoms with van der Waals surface area (Å²) in [5, 5.41) is 13.3. The molecule has 0 unspecified atom stereocenters. The van der Waals surface area contributed by atoms with Crippen molar-refractivity contribution in [2.45, 2.75) is 29.7 Å². The number of aromatic nitrogens is 3. The van der Waals surface area contributed by atoms with Gasteiger partial charge in [0.25, 0.3) is 5.56 Å². The first-order chi connectivity index (χ1) is 15.7. The Morgan fingerprint density at radius 3 is 2.75 bits per heavy atom. The van der Waals surface area contributed by atoms with Gasteiger partial charge in [-0.3, -0.25) is 9.36 Å². The average Bonchev–Trinajstić information content (AvgIpc) is 3.47. The highest BCUT2D eigenvalue weighted by atomic mass is 32.2.